The summed E-state index contributed by atoms with van der Waals surface area (Å²) in [6, 6.07) is 0.278. The minimum atomic E-state index is -0.119. The van der Waals surface area contributed by atoms with Gasteiger partial charge in [-0.15, -0.1) is 5.10 Å². The van der Waals surface area contributed by atoms with Gasteiger partial charge in [-0.2, -0.15) is 0 Å². The maximum Gasteiger partial charge on any atom is 0.293 e. The number of aromatic amines is 1. The molecule has 5 heteroatoms. The Morgan fingerprint density at radius 2 is 2.00 bits per heavy atom. The van der Waals surface area contributed by atoms with Crippen molar-refractivity contribution in [1.29, 1.82) is 0 Å². The van der Waals surface area contributed by atoms with E-state index in [1.54, 1.807) is 0 Å². The number of aromatic nitrogens is 3. The first kappa shape index (κ1) is 14.0. The zero-order valence-electron chi connectivity index (χ0n) is 12.5. The summed E-state index contributed by atoms with van der Waals surface area (Å²) in [5.41, 5.74) is -0.119. The number of nitrogens with one attached hydrogen (secondary N) is 1. The third-order valence-corrected chi connectivity index (χ3v) is 3.77. The Hall–Kier alpha value is -1.39. The van der Waals surface area contributed by atoms with Crippen molar-refractivity contribution in [3.63, 3.8) is 0 Å². The van der Waals surface area contributed by atoms with Crippen LogP contribution >= 0.6 is 0 Å². The molecule has 0 saturated carbocycles. The SMILES string of the molecule is CC1CCC(C)N(C(=O)c2n[nH]c(C(C)(C)C)n2)C1. The number of amides is 1. The van der Waals surface area contributed by atoms with Crippen LogP contribution in [0.1, 0.15) is 63.9 Å². The molecular weight excluding hydrogens is 240 g/mol. The fourth-order valence-electron chi connectivity index (χ4n) is 2.39. The zero-order chi connectivity index (χ0) is 14.2. The number of rotatable bonds is 1. The van der Waals surface area contributed by atoms with Gasteiger partial charge < -0.3 is 4.90 Å². The first-order chi connectivity index (χ1) is 8.79. The monoisotopic (exact) mass is 264 g/mol. The van der Waals surface area contributed by atoms with Crippen molar-refractivity contribution in [1.82, 2.24) is 20.1 Å². The third kappa shape index (κ3) is 2.96. The number of hydrogen-bond acceptors (Lipinski definition) is 3. The molecule has 0 spiro atoms. The molecule has 1 aromatic rings. The van der Waals surface area contributed by atoms with Crippen LogP contribution in [0.5, 0.6) is 0 Å². The second-order valence-corrected chi connectivity index (χ2v) is 6.75. The molecule has 2 unspecified atom stereocenters. The standard InChI is InChI=1S/C14H24N4O/c1-9-6-7-10(2)18(8-9)12(19)11-15-13(17-16-11)14(3,4)5/h9-10H,6-8H2,1-5H3,(H,15,16,17). The second kappa shape index (κ2) is 4.94. The molecular formula is C14H24N4O. The molecule has 1 aliphatic rings. The van der Waals surface area contributed by atoms with E-state index in [0.717, 1.165) is 18.8 Å². The molecule has 2 heterocycles. The van der Waals surface area contributed by atoms with E-state index < -0.39 is 0 Å². The molecule has 106 valence electrons. The fraction of sp³-hybridized carbons (Fsp3) is 0.786. The average Bonchev–Trinajstić information content (AvgIpc) is 2.80. The lowest BCUT2D eigenvalue weighted by Crippen LogP contribution is -2.45. The molecule has 19 heavy (non-hydrogen) atoms. The van der Waals surface area contributed by atoms with Gasteiger partial charge in [0.05, 0.1) is 0 Å². The highest BCUT2D eigenvalue weighted by Crippen LogP contribution is 2.23. The lowest BCUT2D eigenvalue weighted by Gasteiger charge is -2.36. The van der Waals surface area contributed by atoms with Crippen LogP contribution in [0.3, 0.4) is 0 Å². The van der Waals surface area contributed by atoms with Crippen molar-refractivity contribution < 1.29 is 4.79 Å². The van der Waals surface area contributed by atoms with Crippen LogP contribution in [0.15, 0.2) is 0 Å². The summed E-state index contributed by atoms with van der Waals surface area (Å²) in [5, 5.41) is 6.97. The number of likely N-dealkylation sites (tertiary alicyclic amines) is 1. The summed E-state index contributed by atoms with van der Waals surface area (Å²) >= 11 is 0. The smallest absolute Gasteiger partial charge is 0.293 e. The Balaban J connectivity index is 2.17. The van der Waals surface area contributed by atoms with Crippen molar-refractivity contribution in [2.75, 3.05) is 6.54 Å². The largest absolute Gasteiger partial charge is 0.333 e. The average molecular weight is 264 g/mol. The quantitative estimate of drug-likeness (QED) is 0.847. The van der Waals surface area contributed by atoms with Crippen LogP contribution in [0, 0.1) is 5.92 Å². The number of piperidine rings is 1. The molecule has 1 fully saturated rings. The van der Waals surface area contributed by atoms with Crippen LogP contribution in [-0.4, -0.2) is 38.6 Å². The molecule has 5 nitrogen and oxygen atoms in total. The van der Waals surface area contributed by atoms with Crippen LogP contribution in [0.2, 0.25) is 0 Å². The number of nitrogens with zero attached hydrogens (tertiary/aromatic N) is 3. The predicted octanol–water partition coefficient (Wildman–Crippen LogP) is 2.36. The van der Waals surface area contributed by atoms with Crippen molar-refractivity contribution in [3.8, 4) is 0 Å². The van der Waals surface area contributed by atoms with E-state index in [2.05, 4.69) is 29.0 Å². The highest BCUT2D eigenvalue weighted by Gasteiger charge is 2.30. The van der Waals surface area contributed by atoms with Crippen molar-refractivity contribution in [2.45, 2.75) is 58.9 Å². The van der Waals surface area contributed by atoms with Gasteiger partial charge in [-0.1, -0.05) is 27.7 Å². The zero-order valence-corrected chi connectivity index (χ0v) is 12.5. The van der Waals surface area contributed by atoms with Gasteiger partial charge in [0.2, 0.25) is 5.82 Å². The van der Waals surface area contributed by atoms with Gasteiger partial charge in [0, 0.05) is 18.0 Å². The maximum absolute atomic E-state index is 12.5. The minimum absolute atomic E-state index is 0.0502. The molecule has 1 amide bonds. The number of hydrogen-bond donors (Lipinski definition) is 1. The molecule has 2 atom stereocenters. The molecule has 2 rings (SSSR count). The van der Waals surface area contributed by atoms with E-state index >= 15 is 0 Å². The Bertz CT molecular complexity index is 460. The van der Waals surface area contributed by atoms with E-state index in [1.165, 1.54) is 6.42 Å². The summed E-state index contributed by atoms with van der Waals surface area (Å²) in [5.74, 6) is 1.56. The highest BCUT2D eigenvalue weighted by molar-refractivity contribution is 5.90. The summed E-state index contributed by atoms with van der Waals surface area (Å²) in [6.07, 6.45) is 2.25. The highest BCUT2D eigenvalue weighted by atomic mass is 16.2. The van der Waals surface area contributed by atoms with Crippen molar-refractivity contribution in [2.24, 2.45) is 5.92 Å². The Morgan fingerprint density at radius 3 is 2.58 bits per heavy atom. The first-order valence-electron chi connectivity index (χ1n) is 7.03. The molecule has 1 aliphatic heterocycles. The molecule has 0 radical (unpaired) electrons. The van der Waals surface area contributed by atoms with E-state index in [4.69, 9.17) is 0 Å². The third-order valence-electron chi connectivity index (χ3n) is 3.77. The molecule has 1 N–H and O–H groups in total. The summed E-state index contributed by atoms with van der Waals surface area (Å²) in [7, 11) is 0. The van der Waals surface area contributed by atoms with Gasteiger partial charge in [-0.05, 0) is 25.7 Å². The Kier molecular flexibility index (Phi) is 3.65. The van der Waals surface area contributed by atoms with E-state index in [0.29, 0.717) is 11.7 Å². The first-order valence-corrected chi connectivity index (χ1v) is 7.03. The minimum Gasteiger partial charge on any atom is -0.333 e. The van der Waals surface area contributed by atoms with Crippen molar-refractivity contribution in [3.05, 3.63) is 11.6 Å². The van der Waals surface area contributed by atoms with Gasteiger partial charge >= 0.3 is 0 Å². The van der Waals surface area contributed by atoms with E-state index in [9.17, 15) is 4.79 Å². The summed E-state index contributed by atoms with van der Waals surface area (Å²) in [6.45, 7) is 11.2. The topological polar surface area (TPSA) is 61.9 Å². The van der Waals surface area contributed by atoms with Crippen LogP contribution in [0.4, 0.5) is 0 Å². The Morgan fingerprint density at radius 1 is 1.32 bits per heavy atom. The van der Waals surface area contributed by atoms with E-state index in [-0.39, 0.29) is 17.4 Å². The second-order valence-electron chi connectivity index (χ2n) is 6.75. The Labute approximate surface area is 114 Å². The van der Waals surface area contributed by atoms with Crippen LogP contribution < -0.4 is 0 Å². The van der Waals surface area contributed by atoms with Crippen molar-refractivity contribution >= 4 is 5.91 Å². The number of carbonyl (C=O) groups excluding carboxylic acids is 1. The van der Waals surface area contributed by atoms with Gasteiger partial charge in [-0.25, -0.2) is 4.98 Å². The lowest BCUT2D eigenvalue weighted by molar-refractivity contribution is 0.0562. The van der Waals surface area contributed by atoms with Crippen LogP contribution in [-0.2, 0) is 5.41 Å². The van der Waals surface area contributed by atoms with Gasteiger partial charge in [0.1, 0.15) is 5.82 Å². The number of carbonyl (C=O) groups is 1. The normalized spacial score (nSPS) is 24.6. The molecule has 1 aromatic heterocycles. The summed E-state index contributed by atoms with van der Waals surface area (Å²) in [4.78, 5) is 18.7. The lowest BCUT2D eigenvalue weighted by atomic mass is 9.95. The predicted molar refractivity (Wildman–Crippen MR) is 74.0 cm³/mol. The molecule has 0 aromatic carbocycles. The van der Waals surface area contributed by atoms with Gasteiger partial charge in [-0.3, -0.25) is 9.89 Å². The fourth-order valence-corrected chi connectivity index (χ4v) is 2.39. The maximum atomic E-state index is 12.5. The van der Waals surface area contributed by atoms with E-state index in [1.807, 2.05) is 25.7 Å². The van der Waals surface area contributed by atoms with Gasteiger partial charge in [0.25, 0.3) is 5.91 Å². The molecule has 0 aliphatic carbocycles. The molecule has 1 saturated heterocycles. The van der Waals surface area contributed by atoms with Crippen LogP contribution in [0.25, 0.3) is 0 Å². The van der Waals surface area contributed by atoms with Gasteiger partial charge in [0.15, 0.2) is 0 Å². The summed E-state index contributed by atoms with van der Waals surface area (Å²) < 4.78 is 0. The number of H-pyrrole nitrogens is 1. The molecule has 0 bridgehead atoms.